The molecule has 0 saturated heterocycles. The van der Waals surface area contributed by atoms with E-state index in [1.54, 1.807) is 4.52 Å². The van der Waals surface area contributed by atoms with Crippen LogP contribution in [0.15, 0.2) is 46.8 Å². The topological polar surface area (TPSA) is 121 Å². The number of halogens is 2. The largest absolute Gasteiger partial charge is 0.389 e. The molecule has 1 aliphatic carbocycles. The summed E-state index contributed by atoms with van der Waals surface area (Å²) in [5.41, 5.74) is 3.75. The molecule has 1 aliphatic rings. The molecule has 0 unspecified atom stereocenters. The van der Waals surface area contributed by atoms with E-state index in [9.17, 15) is 14.0 Å². The summed E-state index contributed by atoms with van der Waals surface area (Å²) in [5.74, 6) is -1.50. The van der Waals surface area contributed by atoms with Crippen molar-refractivity contribution in [1.29, 1.82) is 5.26 Å². The van der Waals surface area contributed by atoms with Gasteiger partial charge in [0, 0.05) is 40.0 Å². The van der Waals surface area contributed by atoms with Gasteiger partial charge in [0.25, 0.3) is 0 Å². The minimum atomic E-state index is -0.757. The Morgan fingerprint density at radius 1 is 1.21 bits per heavy atom. The number of nitriles is 1. The van der Waals surface area contributed by atoms with E-state index in [-0.39, 0.29) is 11.6 Å². The molecular weight excluding hydrogens is 512 g/mol. The van der Waals surface area contributed by atoms with Gasteiger partial charge in [-0.1, -0.05) is 11.8 Å². The van der Waals surface area contributed by atoms with E-state index in [4.69, 9.17) is 15.0 Å². The zero-order valence-corrected chi connectivity index (χ0v) is 21.8. The summed E-state index contributed by atoms with van der Waals surface area (Å²) in [6.45, 7) is 1.69. The third kappa shape index (κ3) is 5.75. The van der Waals surface area contributed by atoms with E-state index >= 15 is 0 Å². The second kappa shape index (κ2) is 12.3. The Labute approximate surface area is 222 Å². The molecule has 0 atom stereocenters. The summed E-state index contributed by atoms with van der Waals surface area (Å²) in [5, 5.41) is 29.5. The Morgan fingerprint density at radius 3 is 2.58 bits per heavy atom. The van der Waals surface area contributed by atoms with Gasteiger partial charge in [-0.15, -0.1) is 0 Å². The fourth-order valence-corrected chi connectivity index (χ4v) is 5.61. The summed E-state index contributed by atoms with van der Waals surface area (Å²) < 4.78 is 31.4. The van der Waals surface area contributed by atoms with Crippen LogP contribution in [0.2, 0.25) is 0 Å². The molecule has 4 aromatic heterocycles. The van der Waals surface area contributed by atoms with Crippen molar-refractivity contribution in [3.05, 3.63) is 59.8 Å². The number of carbonyl (C=O) groups is 1. The summed E-state index contributed by atoms with van der Waals surface area (Å²) in [7, 11) is 2.01. The lowest BCUT2D eigenvalue weighted by Gasteiger charge is -2.29. The quantitative estimate of drug-likeness (QED) is 0.352. The number of nitrogens with zero attached hydrogens (tertiary/aromatic N) is 6. The van der Waals surface area contributed by atoms with E-state index in [2.05, 4.69) is 33.1 Å². The van der Waals surface area contributed by atoms with Crippen LogP contribution in [0, 0.1) is 29.9 Å². The summed E-state index contributed by atoms with van der Waals surface area (Å²) in [4.78, 5) is 13.4. The van der Waals surface area contributed by atoms with Crippen molar-refractivity contribution < 1.29 is 18.7 Å². The number of fused-ring (bicyclic) bond motifs is 1. The molecule has 9 nitrogen and oxygen atoms in total. The van der Waals surface area contributed by atoms with E-state index in [0.29, 0.717) is 34.3 Å². The molecule has 0 radical (unpaired) electrons. The molecule has 2 N–H and O–H groups in total. The number of aldehydes is 1. The van der Waals surface area contributed by atoms with Crippen molar-refractivity contribution in [3.8, 4) is 17.2 Å². The van der Waals surface area contributed by atoms with Crippen LogP contribution >= 0.6 is 11.8 Å². The third-order valence-corrected chi connectivity index (χ3v) is 7.58. The molecule has 12 heteroatoms. The van der Waals surface area contributed by atoms with Gasteiger partial charge in [0.15, 0.2) is 5.82 Å². The number of pyridine rings is 2. The molecule has 1 fully saturated rings. The van der Waals surface area contributed by atoms with Gasteiger partial charge in [0.05, 0.1) is 42.3 Å². The second-order valence-corrected chi connectivity index (χ2v) is 9.86. The standard InChI is InChI=1S/C24H23F2N7S.C2H4O2/c1-14-20(12-31-33(14)19-5-3-18(28-2)4-6-19)15-7-22(23-16(9-27)10-30-32(23)13-15)34-24-21(26)8-17(25)11-29-24;3-1-2-4/h7-8,10-13,18-19,28H,3-6H2,1-2H3;1,4H,2H2. The molecule has 0 aromatic carbocycles. The molecule has 38 heavy (non-hydrogen) atoms. The lowest BCUT2D eigenvalue weighted by molar-refractivity contribution is -0.110. The Kier molecular flexibility index (Phi) is 8.83. The molecule has 4 aromatic rings. The van der Waals surface area contributed by atoms with Crippen LogP contribution in [0.3, 0.4) is 0 Å². The Balaban J connectivity index is 0.000000786. The monoisotopic (exact) mass is 539 g/mol. The zero-order chi connectivity index (χ0) is 27.2. The van der Waals surface area contributed by atoms with Crippen LogP contribution in [0.4, 0.5) is 8.78 Å². The van der Waals surface area contributed by atoms with Gasteiger partial charge >= 0.3 is 0 Å². The number of aromatic nitrogens is 5. The fourth-order valence-electron chi connectivity index (χ4n) is 4.66. The van der Waals surface area contributed by atoms with Crippen LogP contribution in [-0.4, -0.2) is 55.5 Å². The van der Waals surface area contributed by atoms with Crippen molar-refractivity contribution in [2.24, 2.45) is 0 Å². The average molecular weight is 540 g/mol. The van der Waals surface area contributed by atoms with E-state index in [0.717, 1.165) is 66.5 Å². The normalized spacial score (nSPS) is 17.1. The number of hydrogen-bond donors (Lipinski definition) is 2. The van der Waals surface area contributed by atoms with Crippen molar-refractivity contribution in [1.82, 2.24) is 29.7 Å². The van der Waals surface area contributed by atoms with E-state index in [1.165, 1.54) is 6.20 Å². The van der Waals surface area contributed by atoms with Crippen molar-refractivity contribution in [2.75, 3.05) is 13.7 Å². The van der Waals surface area contributed by atoms with Crippen LogP contribution in [0.1, 0.15) is 43.0 Å². The first kappa shape index (κ1) is 27.4. The smallest absolute Gasteiger partial charge is 0.158 e. The number of carbonyl (C=O) groups excluding carboxylic acids is 1. The molecule has 1 saturated carbocycles. The van der Waals surface area contributed by atoms with Crippen LogP contribution in [0.25, 0.3) is 16.6 Å². The van der Waals surface area contributed by atoms with E-state index < -0.39 is 11.6 Å². The van der Waals surface area contributed by atoms with Crippen molar-refractivity contribution in [2.45, 2.75) is 54.6 Å². The molecule has 5 rings (SSSR count). The summed E-state index contributed by atoms with van der Waals surface area (Å²) in [6, 6.07) is 5.73. The second-order valence-electron chi connectivity index (χ2n) is 8.83. The van der Waals surface area contributed by atoms with Gasteiger partial charge in [-0.25, -0.2) is 18.3 Å². The first-order valence-electron chi connectivity index (χ1n) is 12.1. The molecule has 0 bridgehead atoms. The third-order valence-electron chi connectivity index (χ3n) is 6.56. The van der Waals surface area contributed by atoms with Gasteiger partial charge in [-0.05, 0) is 45.7 Å². The highest BCUT2D eigenvalue weighted by atomic mass is 32.2. The van der Waals surface area contributed by atoms with Crippen LogP contribution in [-0.2, 0) is 4.79 Å². The predicted octanol–water partition coefficient (Wildman–Crippen LogP) is 4.08. The maximum Gasteiger partial charge on any atom is 0.158 e. The highest BCUT2D eigenvalue weighted by molar-refractivity contribution is 7.99. The maximum atomic E-state index is 14.4. The summed E-state index contributed by atoms with van der Waals surface area (Å²) >= 11 is 1.04. The molecule has 4 heterocycles. The van der Waals surface area contributed by atoms with Crippen molar-refractivity contribution in [3.63, 3.8) is 0 Å². The highest BCUT2D eigenvalue weighted by Crippen LogP contribution is 2.38. The maximum absolute atomic E-state index is 14.4. The van der Waals surface area contributed by atoms with E-state index in [1.807, 2.05) is 25.5 Å². The Morgan fingerprint density at radius 2 is 1.95 bits per heavy atom. The number of aliphatic hydroxyl groups excluding tert-OH is 1. The lowest BCUT2D eigenvalue weighted by atomic mass is 9.91. The van der Waals surface area contributed by atoms with Gasteiger partial charge in [0.2, 0.25) is 0 Å². The molecule has 198 valence electrons. The van der Waals surface area contributed by atoms with Gasteiger partial charge in [0.1, 0.15) is 23.2 Å². The van der Waals surface area contributed by atoms with Gasteiger partial charge in [-0.2, -0.15) is 15.5 Å². The SMILES string of the molecule is CNC1CCC(n2ncc(-c3cc(Sc4ncc(F)cc4F)c4c(C#N)cnn4c3)c2C)CC1.O=CCO. The van der Waals surface area contributed by atoms with Crippen molar-refractivity contribution >= 4 is 23.6 Å². The Bertz CT molecular complexity index is 1470. The van der Waals surface area contributed by atoms with Crippen LogP contribution < -0.4 is 5.32 Å². The molecule has 0 amide bonds. The number of nitrogens with one attached hydrogen (secondary N) is 1. The average Bonchev–Trinajstić information content (AvgIpc) is 3.53. The Hall–Kier alpha value is -3.66. The zero-order valence-electron chi connectivity index (χ0n) is 20.9. The lowest BCUT2D eigenvalue weighted by Crippen LogP contribution is -2.31. The number of rotatable bonds is 6. The molecular formula is C26H27F2N7O2S. The predicted molar refractivity (Wildman–Crippen MR) is 138 cm³/mol. The first-order chi connectivity index (χ1) is 18.4. The van der Waals surface area contributed by atoms with Crippen LogP contribution in [0.5, 0.6) is 0 Å². The number of aliphatic hydroxyl groups is 1. The number of hydrogen-bond acceptors (Lipinski definition) is 8. The molecule has 0 aliphatic heterocycles. The van der Waals surface area contributed by atoms with Gasteiger partial charge in [-0.3, -0.25) is 4.68 Å². The fraction of sp³-hybridized carbons (Fsp3) is 0.346. The molecule has 0 spiro atoms. The minimum absolute atomic E-state index is 0.0271. The van der Waals surface area contributed by atoms with Gasteiger partial charge < -0.3 is 15.2 Å². The first-order valence-corrected chi connectivity index (χ1v) is 12.9. The highest BCUT2D eigenvalue weighted by Gasteiger charge is 2.24. The summed E-state index contributed by atoms with van der Waals surface area (Å²) in [6.07, 6.45) is 10.9. The minimum Gasteiger partial charge on any atom is -0.389 e.